The zero-order valence-electron chi connectivity index (χ0n) is 11.1. The molecule has 0 radical (unpaired) electrons. The Morgan fingerprint density at radius 1 is 0.750 bits per heavy atom. The molecule has 2 nitrogen and oxygen atoms in total. The summed E-state index contributed by atoms with van der Waals surface area (Å²) >= 11 is 0. The van der Waals surface area contributed by atoms with E-state index in [1.807, 2.05) is 0 Å². The average Bonchev–Trinajstić information content (AvgIpc) is 2.22. The first-order valence-electron chi connectivity index (χ1n) is 7.03. The van der Waals surface area contributed by atoms with Gasteiger partial charge in [0.05, 0.1) is 12.2 Å². The van der Waals surface area contributed by atoms with E-state index in [-0.39, 0.29) is 12.2 Å². The van der Waals surface area contributed by atoms with Crippen molar-refractivity contribution in [2.75, 3.05) is 0 Å². The van der Waals surface area contributed by atoms with Gasteiger partial charge in [-0.25, -0.2) is 0 Å². The van der Waals surface area contributed by atoms with Gasteiger partial charge in [-0.05, 0) is 32.6 Å². The predicted octanol–water partition coefficient (Wildman–Crippen LogP) is 3.65. The van der Waals surface area contributed by atoms with Crippen LogP contribution in [0.25, 0.3) is 0 Å². The summed E-state index contributed by atoms with van der Waals surface area (Å²) in [6.07, 6.45) is 10.9. The van der Waals surface area contributed by atoms with E-state index in [0.29, 0.717) is 0 Å². The van der Waals surface area contributed by atoms with Gasteiger partial charge in [0.1, 0.15) is 0 Å². The van der Waals surface area contributed by atoms with Crippen LogP contribution in [0.1, 0.15) is 78.1 Å². The fourth-order valence-electron chi connectivity index (χ4n) is 1.95. The van der Waals surface area contributed by atoms with Crippen LogP contribution < -0.4 is 0 Å². The van der Waals surface area contributed by atoms with Gasteiger partial charge < -0.3 is 10.2 Å². The Bertz CT molecular complexity index is 135. The fraction of sp³-hybridized carbons (Fsp3) is 1.00. The second-order valence-corrected chi connectivity index (χ2v) is 4.99. The summed E-state index contributed by atoms with van der Waals surface area (Å²) in [5.74, 6) is 0. The molecule has 0 aromatic heterocycles. The summed E-state index contributed by atoms with van der Waals surface area (Å²) in [5.41, 5.74) is 0. The highest BCUT2D eigenvalue weighted by atomic mass is 16.3. The largest absolute Gasteiger partial charge is 0.393 e. The molecule has 0 rings (SSSR count). The van der Waals surface area contributed by atoms with E-state index in [0.717, 1.165) is 32.1 Å². The Morgan fingerprint density at radius 2 is 1.31 bits per heavy atom. The van der Waals surface area contributed by atoms with E-state index in [1.165, 1.54) is 32.1 Å². The Hall–Kier alpha value is -0.0800. The summed E-state index contributed by atoms with van der Waals surface area (Å²) < 4.78 is 0. The molecule has 0 aromatic rings. The smallest absolute Gasteiger partial charge is 0.0540 e. The molecule has 0 aliphatic carbocycles. The molecule has 0 fully saturated rings. The highest BCUT2D eigenvalue weighted by Gasteiger charge is 2.04. The zero-order chi connectivity index (χ0) is 12.2. The van der Waals surface area contributed by atoms with Crippen LogP contribution in [-0.4, -0.2) is 22.4 Å². The van der Waals surface area contributed by atoms with Crippen molar-refractivity contribution in [2.45, 2.75) is 90.3 Å². The quantitative estimate of drug-likeness (QED) is 0.532. The molecule has 0 saturated carbocycles. The summed E-state index contributed by atoms with van der Waals surface area (Å²) in [4.78, 5) is 0. The van der Waals surface area contributed by atoms with Crippen molar-refractivity contribution in [3.8, 4) is 0 Å². The SMILES string of the molecule is CCCCCCCCC(O)CCCC(C)O. The molecule has 0 saturated heterocycles. The van der Waals surface area contributed by atoms with Crippen LogP contribution in [-0.2, 0) is 0 Å². The minimum absolute atomic E-state index is 0.148. The lowest BCUT2D eigenvalue weighted by Gasteiger charge is -2.10. The molecule has 0 aliphatic heterocycles. The number of unbranched alkanes of at least 4 members (excludes halogenated alkanes) is 5. The average molecular weight is 230 g/mol. The zero-order valence-corrected chi connectivity index (χ0v) is 11.1. The molecule has 0 amide bonds. The van der Waals surface area contributed by atoms with E-state index < -0.39 is 0 Å². The highest BCUT2D eigenvalue weighted by Crippen LogP contribution is 2.12. The number of aliphatic hydroxyl groups excluding tert-OH is 2. The molecule has 2 heteroatoms. The lowest BCUT2D eigenvalue weighted by molar-refractivity contribution is 0.133. The van der Waals surface area contributed by atoms with Crippen molar-refractivity contribution in [1.82, 2.24) is 0 Å². The fourth-order valence-corrected chi connectivity index (χ4v) is 1.95. The van der Waals surface area contributed by atoms with Gasteiger partial charge >= 0.3 is 0 Å². The standard InChI is InChI=1S/C14H30O2/c1-3-4-5-6-7-8-11-14(16)12-9-10-13(2)15/h13-16H,3-12H2,1-2H3. The number of rotatable bonds is 11. The van der Waals surface area contributed by atoms with Crippen LogP contribution in [0, 0.1) is 0 Å². The van der Waals surface area contributed by atoms with Crippen molar-refractivity contribution in [2.24, 2.45) is 0 Å². The Kier molecular flexibility index (Phi) is 11.3. The topological polar surface area (TPSA) is 40.5 Å². The summed E-state index contributed by atoms with van der Waals surface area (Å²) in [7, 11) is 0. The third kappa shape index (κ3) is 12.0. The van der Waals surface area contributed by atoms with Crippen LogP contribution in [0.3, 0.4) is 0 Å². The Labute approximate surface area is 101 Å². The van der Waals surface area contributed by atoms with Gasteiger partial charge in [-0.15, -0.1) is 0 Å². The minimum Gasteiger partial charge on any atom is -0.393 e. The van der Waals surface area contributed by atoms with Gasteiger partial charge in [0.25, 0.3) is 0 Å². The monoisotopic (exact) mass is 230 g/mol. The molecule has 2 N–H and O–H groups in total. The van der Waals surface area contributed by atoms with Crippen molar-refractivity contribution in [1.29, 1.82) is 0 Å². The van der Waals surface area contributed by atoms with Crippen LogP contribution in [0.4, 0.5) is 0 Å². The first-order chi connectivity index (χ1) is 7.66. The molecule has 0 bridgehead atoms. The Balaban J connectivity index is 3.14. The van der Waals surface area contributed by atoms with E-state index >= 15 is 0 Å². The van der Waals surface area contributed by atoms with Crippen molar-refractivity contribution in [3.63, 3.8) is 0 Å². The van der Waals surface area contributed by atoms with Gasteiger partial charge in [0.2, 0.25) is 0 Å². The van der Waals surface area contributed by atoms with Gasteiger partial charge in [0.15, 0.2) is 0 Å². The predicted molar refractivity (Wildman–Crippen MR) is 69.5 cm³/mol. The molecule has 2 atom stereocenters. The molecule has 16 heavy (non-hydrogen) atoms. The molecule has 0 heterocycles. The van der Waals surface area contributed by atoms with Crippen molar-refractivity contribution in [3.05, 3.63) is 0 Å². The number of hydrogen-bond donors (Lipinski definition) is 2. The van der Waals surface area contributed by atoms with E-state index in [9.17, 15) is 5.11 Å². The third-order valence-corrected chi connectivity index (χ3v) is 3.05. The van der Waals surface area contributed by atoms with E-state index in [1.54, 1.807) is 6.92 Å². The molecular formula is C14H30O2. The van der Waals surface area contributed by atoms with Gasteiger partial charge in [-0.2, -0.15) is 0 Å². The van der Waals surface area contributed by atoms with Crippen LogP contribution >= 0.6 is 0 Å². The molecule has 2 unspecified atom stereocenters. The molecule has 0 aliphatic rings. The maximum atomic E-state index is 9.68. The second kappa shape index (κ2) is 11.4. The van der Waals surface area contributed by atoms with Crippen LogP contribution in [0.2, 0.25) is 0 Å². The van der Waals surface area contributed by atoms with E-state index in [4.69, 9.17) is 5.11 Å². The normalized spacial score (nSPS) is 15.0. The number of hydrogen-bond acceptors (Lipinski definition) is 2. The lowest BCUT2D eigenvalue weighted by atomic mass is 10.0. The van der Waals surface area contributed by atoms with Crippen molar-refractivity contribution < 1.29 is 10.2 Å². The highest BCUT2D eigenvalue weighted by molar-refractivity contribution is 4.58. The van der Waals surface area contributed by atoms with Gasteiger partial charge in [-0.1, -0.05) is 45.4 Å². The maximum Gasteiger partial charge on any atom is 0.0540 e. The first kappa shape index (κ1) is 15.9. The maximum absolute atomic E-state index is 9.68. The molecule has 0 aromatic carbocycles. The summed E-state index contributed by atoms with van der Waals surface area (Å²) in [6, 6.07) is 0. The molecular weight excluding hydrogens is 200 g/mol. The minimum atomic E-state index is -0.221. The summed E-state index contributed by atoms with van der Waals surface area (Å²) in [6.45, 7) is 4.03. The van der Waals surface area contributed by atoms with Crippen LogP contribution in [0.5, 0.6) is 0 Å². The molecule has 98 valence electrons. The lowest BCUT2D eigenvalue weighted by Crippen LogP contribution is -2.08. The second-order valence-electron chi connectivity index (χ2n) is 4.99. The van der Waals surface area contributed by atoms with Crippen LogP contribution in [0.15, 0.2) is 0 Å². The van der Waals surface area contributed by atoms with Crippen molar-refractivity contribution >= 4 is 0 Å². The Morgan fingerprint density at radius 3 is 1.94 bits per heavy atom. The van der Waals surface area contributed by atoms with Gasteiger partial charge in [0, 0.05) is 0 Å². The first-order valence-corrected chi connectivity index (χ1v) is 7.03. The van der Waals surface area contributed by atoms with E-state index in [2.05, 4.69) is 6.92 Å². The number of aliphatic hydroxyl groups is 2. The van der Waals surface area contributed by atoms with Gasteiger partial charge in [-0.3, -0.25) is 0 Å². The molecule has 0 spiro atoms. The third-order valence-electron chi connectivity index (χ3n) is 3.05. The summed E-state index contributed by atoms with van der Waals surface area (Å²) in [5, 5.41) is 18.8.